The van der Waals surface area contributed by atoms with Gasteiger partial charge in [-0.1, -0.05) is 32.0 Å². The van der Waals surface area contributed by atoms with Gasteiger partial charge in [0.15, 0.2) is 0 Å². The topological polar surface area (TPSA) is 114 Å². The van der Waals surface area contributed by atoms with Gasteiger partial charge >= 0.3 is 0 Å². The zero-order valence-corrected chi connectivity index (χ0v) is 29.5. The molecule has 3 aliphatic heterocycles. The van der Waals surface area contributed by atoms with Crippen LogP contribution >= 0.6 is 0 Å². The largest absolute Gasteiger partial charge is 0.388 e. The predicted octanol–water partition coefficient (Wildman–Crippen LogP) is 5.23. The number of piperidine rings is 2. The number of hydrogen-bond acceptors (Lipinski definition) is 8. The first-order chi connectivity index (χ1) is 24.3. The van der Waals surface area contributed by atoms with Gasteiger partial charge in [-0.2, -0.15) is 5.10 Å². The third-order valence-corrected chi connectivity index (χ3v) is 11.0. The molecule has 7 rings (SSSR count). The summed E-state index contributed by atoms with van der Waals surface area (Å²) in [7, 11) is 1.93. The molecule has 2 N–H and O–H groups in total. The van der Waals surface area contributed by atoms with Crippen LogP contribution in [0.5, 0.6) is 0 Å². The average Bonchev–Trinajstić information content (AvgIpc) is 3.65. The quantitative estimate of drug-likeness (QED) is 0.220. The summed E-state index contributed by atoms with van der Waals surface area (Å²) >= 11 is 0. The number of para-hydroxylation sites is 1. The van der Waals surface area contributed by atoms with E-state index in [1.54, 1.807) is 0 Å². The van der Waals surface area contributed by atoms with E-state index in [9.17, 15) is 9.59 Å². The summed E-state index contributed by atoms with van der Waals surface area (Å²) in [5.74, 6) is 2.20. The van der Waals surface area contributed by atoms with Gasteiger partial charge < -0.3 is 24.9 Å². The van der Waals surface area contributed by atoms with Crippen molar-refractivity contribution in [3.63, 3.8) is 0 Å². The Morgan fingerprint density at radius 2 is 1.68 bits per heavy atom. The molecule has 0 atom stereocenters. The third-order valence-electron chi connectivity index (χ3n) is 11.0. The van der Waals surface area contributed by atoms with Crippen molar-refractivity contribution < 1.29 is 9.59 Å². The molecule has 0 radical (unpaired) electrons. The number of benzene rings is 1. The normalized spacial score (nSPS) is 18.1. The number of nitrogens with one attached hydrogen (secondary N) is 2. The average molecular weight is 676 g/mol. The second kappa shape index (κ2) is 14.5. The summed E-state index contributed by atoms with van der Waals surface area (Å²) in [6, 6.07) is 16.7. The SMILES string of the molecule is CNc1ccccc1CCN(C=O)C1CCN(c2cc(C(=O)N3Cc4cn[nH]c4C(C)(C)C3)cc(N3CCC(c4ccncc4)CC3)n2)CC1. The van der Waals surface area contributed by atoms with Gasteiger partial charge in [-0.25, -0.2) is 4.98 Å². The maximum Gasteiger partial charge on any atom is 0.254 e. The summed E-state index contributed by atoms with van der Waals surface area (Å²) in [6.45, 7) is 9.42. The first kappa shape index (κ1) is 33.6. The van der Waals surface area contributed by atoms with Crippen LogP contribution in [0, 0.1) is 0 Å². The van der Waals surface area contributed by atoms with Gasteiger partial charge in [0.25, 0.3) is 5.91 Å². The number of carbonyl (C=O) groups is 2. The van der Waals surface area contributed by atoms with Crippen LogP contribution in [0.3, 0.4) is 0 Å². The molecule has 4 aromatic rings. The Bertz CT molecular complexity index is 1780. The molecule has 0 saturated carbocycles. The van der Waals surface area contributed by atoms with Crippen LogP contribution in [0.25, 0.3) is 0 Å². The van der Waals surface area contributed by atoms with Crippen molar-refractivity contribution in [3.8, 4) is 0 Å². The number of hydrogen-bond donors (Lipinski definition) is 2. The van der Waals surface area contributed by atoms with Gasteiger partial charge in [-0.15, -0.1) is 0 Å². The smallest absolute Gasteiger partial charge is 0.254 e. The monoisotopic (exact) mass is 675 g/mol. The predicted molar refractivity (Wildman–Crippen MR) is 197 cm³/mol. The Morgan fingerprint density at radius 1 is 1.00 bits per heavy atom. The zero-order valence-electron chi connectivity index (χ0n) is 29.5. The molecule has 6 heterocycles. The number of anilines is 3. The highest BCUT2D eigenvalue weighted by Crippen LogP contribution is 2.35. The van der Waals surface area contributed by atoms with Crippen LogP contribution in [0.2, 0.25) is 0 Å². The lowest BCUT2D eigenvalue weighted by atomic mass is 9.83. The van der Waals surface area contributed by atoms with Crippen molar-refractivity contribution in [2.45, 2.75) is 69.9 Å². The first-order valence-corrected chi connectivity index (χ1v) is 18.0. The molecule has 0 spiro atoms. The molecule has 2 saturated heterocycles. The number of aromatic amines is 1. The van der Waals surface area contributed by atoms with E-state index in [2.05, 4.69) is 68.4 Å². The Kier molecular flexibility index (Phi) is 9.74. The van der Waals surface area contributed by atoms with Crippen LogP contribution in [0.1, 0.15) is 78.2 Å². The van der Waals surface area contributed by atoms with E-state index < -0.39 is 0 Å². The molecule has 0 bridgehead atoms. The van der Waals surface area contributed by atoms with E-state index in [-0.39, 0.29) is 17.4 Å². The Labute approximate surface area is 295 Å². The molecule has 2 fully saturated rings. The molecule has 50 heavy (non-hydrogen) atoms. The molecule has 1 aromatic carbocycles. The van der Waals surface area contributed by atoms with Crippen molar-refractivity contribution in [1.82, 2.24) is 30.0 Å². The van der Waals surface area contributed by atoms with Crippen LogP contribution in [-0.2, 0) is 23.2 Å². The number of carbonyl (C=O) groups excluding carboxylic acids is 2. The van der Waals surface area contributed by atoms with Crippen LogP contribution in [-0.4, -0.2) is 94.6 Å². The number of H-pyrrole nitrogens is 1. The number of amides is 2. The number of pyridine rings is 2. The van der Waals surface area contributed by atoms with Crippen molar-refractivity contribution >= 4 is 29.6 Å². The summed E-state index contributed by atoms with van der Waals surface area (Å²) in [5.41, 5.74) is 6.26. The second-order valence-electron chi connectivity index (χ2n) is 14.6. The van der Waals surface area contributed by atoms with Gasteiger partial charge in [0, 0.05) is 99.2 Å². The second-order valence-corrected chi connectivity index (χ2v) is 14.6. The number of rotatable bonds is 10. The molecule has 11 heteroatoms. The zero-order chi connectivity index (χ0) is 34.7. The molecular formula is C39H49N9O2. The van der Waals surface area contributed by atoms with Crippen LogP contribution in [0.15, 0.2) is 67.1 Å². The first-order valence-electron chi connectivity index (χ1n) is 18.0. The maximum absolute atomic E-state index is 14.3. The Balaban J connectivity index is 1.09. The molecule has 262 valence electrons. The minimum atomic E-state index is -0.227. The highest BCUT2D eigenvalue weighted by molar-refractivity contribution is 5.96. The van der Waals surface area contributed by atoms with Crippen molar-refractivity contribution in [2.75, 3.05) is 61.4 Å². The fraction of sp³-hybridized carbons (Fsp3) is 0.462. The Morgan fingerprint density at radius 3 is 2.36 bits per heavy atom. The highest BCUT2D eigenvalue weighted by Gasteiger charge is 2.36. The molecule has 0 aliphatic carbocycles. The Hall–Kier alpha value is -4.93. The summed E-state index contributed by atoms with van der Waals surface area (Å²) in [6.07, 6.45) is 11.2. The van der Waals surface area contributed by atoms with E-state index in [0.29, 0.717) is 31.1 Å². The molecule has 2 amide bonds. The van der Waals surface area contributed by atoms with E-state index in [1.165, 1.54) is 11.1 Å². The van der Waals surface area contributed by atoms with Crippen LogP contribution in [0.4, 0.5) is 17.3 Å². The van der Waals surface area contributed by atoms with E-state index >= 15 is 0 Å². The fourth-order valence-corrected chi connectivity index (χ4v) is 8.17. The molecule has 11 nitrogen and oxygen atoms in total. The third kappa shape index (κ3) is 7.04. The lowest BCUT2D eigenvalue weighted by Crippen LogP contribution is -2.46. The number of fused-ring (bicyclic) bond motifs is 1. The molecule has 0 unspecified atom stereocenters. The number of nitrogens with zero attached hydrogens (tertiary/aromatic N) is 7. The fourth-order valence-electron chi connectivity index (χ4n) is 8.17. The van der Waals surface area contributed by atoms with Gasteiger partial charge in [-0.3, -0.25) is 19.7 Å². The molecular weight excluding hydrogens is 626 g/mol. The standard InChI is InChI=1S/C39H49N9O2/c1-39(2)26-48(25-32-24-42-44-37(32)39)38(50)31-22-35(45-17-10-29(11-18-45)28-8-15-41-16-9-28)43-36(23-31)46-20-13-33(14-21-46)47(27-49)19-12-30-6-4-5-7-34(30)40-3/h4-9,15-16,22-24,27,29,33,40H,10-14,17-21,25-26H2,1-3H3,(H,42,44). The van der Waals surface area contributed by atoms with E-state index in [4.69, 9.17) is 4.98 Å². The summed E-state index contributed by atoms with van der Waals surface area (Å²) < 4.78 is 0. The van der Waals surface area contributed by atoms with Gasteiger partial charge in [0.1, 0.15) is 11.6 Å². The van der Waals surface area contributed by atoms with Gasteiger partial charge in [0.2, 0.25) is 6.41 Å². The highest BCUT2D eigenvalue weighted by atomic mass is 16.2. The van der Waals surface area contributed by atoms with Gasteiger partial charge in [0.05, 0.1) is 6.20 Å². The van der Waals surface area contributed by atoms with E-state index in [1.807, 2.05) is 59.7 Å². The number of aromatic nitrogens is 4. The minimum Gasteiger partial charge on any atom is -0.388 e. The molecule has 3 aromatic heterocycles. The minimum absolute atomic E-state index is 0.0189. The van der Waals surface area contributed by atoms with Gasteiger partial charge in [-0.05, 0) is 79.5 Å². The van der Waals surface area contributed by atoms with Crippen molar-refractivity contribution in [3.05, 3.63) is 95.1 Å². The lowest BCUT2D eigenvalue weighted by molar-refractivity contribution is -0.120. The van der Waals surface area contributed by atoms with Crippen molar-refractivity contribution in [2.24, 2.45) is 0 Å². The lowest BCUT2D eigenvalue weighted by Gasteiger charge is -2.39. The van der Waals surface area contributed by atoms with Crippen LogP contribution < -0.4 is 15.1 Å². The van der Waals surface area contributed by atoms with Crippen molar-refractivity contribution in [1.29, 1.82) is 0 Å². The van der Waals surface area contributed by atoms with E-state index in [0.717, 1.165) is 93.3 Å². The summed E-state index contributed by atoms with van der Waals surface area (Å²) in [4.78, 5) is 44.6. The molecule has 3 aliphatic rings. The maximum atomic E-state index is 14.3. The summed E-state index contributed by atoms with van der Waals surface area (Å²) in [5, 5.41) is 10.7.